The van der Waals surface area contributed by atoms with Crippen molar-refractivity contribution in [2.24, 2.45) is 0 Å². The van der Waals surface area contributed by atoms with Crippen LogP contribution in [0.4, 0.5) is 9.18 Å². The molecule has 2 aliphatic rings. The van der Waals surface area contributed by atoms with Crippen LogP contribution in [-0.4, -0.2) is 53.3 Å². The maximum atomic E-state index is 14.3. The first-order chi connectivity index (χ1) is 9.97. The summed E-state index contributed by atoms with van der Waals surface area (Å²) in [5.74, 6) is -0.106. The summed E-state index contributed by atoms with van der Waals surface area (Å²) in [5.41, 5.74) is 0.811. The molecule has 1 fully saturated rings. The molecule has 3 rings (SSSR count). The molecule has 0 radical (unpaired) electrons. The van der Waals surface area contributed by atoms with Crippen molar-refractivity contribution < 1.29 is 19.0 Å². The minimum atomic E-state index is -0.917. The first-order valence-electron chi connectivity index (χ1n) is 6.48. The van der Waals surface area contributed by atoms with Crippen LogP contribution in [0.25, 0.3) is 0 Å². The molecule has 1 atom stereocenters. The molecule has 5 nitrogen and oxygen atoms in total. The zero-order chi connectivity index (χ0) is 15.1. The number of carboxylic acid groups (broad SMARTS) is 1. The van der Waals surface area contributed by atoms with Gasteiger partial charge in [-0.05, 0) is 44.6 Å². The Morgan fingerprint density at radius 1 is 1.52 bits per heavy atom. The number of benzene rings is 1. The predicted molar refractivity (Wildman–Crippen MR) is 86.1 cm³/mol. The number of rotatable bonds is 0. The van der Waals surface area contributed by atoms with Crippen LogP contribution in [0.1, 0.15) is 5.56 Å². The van der Waals surface area contributed by atoms with Crippen molar-refractivity contribution >= 4 is 44.6 Å². The van der Waals surface area contributed by atoms with Crippen LogP contribution in [0.3, 0.4) is 0 Å². The quantitative estimate of drug-likeness (QED) is 0.468. The molecule has 0 unspecified atom stereocenters. The number of hydrogen-bond acceptors (Lipinski definition) is 3. The summed E-state index contributed by atoms with van der Waals surface area (Å²) >= 11 is 5.31. The molecule has 1 N–H and O–H groups in total. The zero-order valence-electron chi connectivity index (χ0n) is 11.0. The van der Waals surface area contributed by atoms with Gasteiger partial charge in [0, 0.05) is 35.3 Å². The van der Waals surface area contributed by atoms with Gasteiger partial charge >= 0.3 is 6.09 Å². The van der Waals surface area contributed by atoms with E-state index < -0.39 is 6.09 Å². The van der Waals surface area contributed by atoms with E-state index in [1.807, 2.05) is 6.07 Å². The third kappa shape index (κ3) is 2.85. The van der Waals surface area contributed by atoms with E-state index in [1.165, 1.54) is 4.90 Å². The van der Waals surface area contributed by atoms with Crippen LogP contribution in [0.15, 0.2) is 10.5 Å². The maximum Gasteiger partial charge on any atom is 0.407 e. The fourth-order valence-corrected chi connectivity index (χ4v) is 3.64. The summed E-state index contributed by atoms with van der Waals surface area (Å²) in [7, 11) is 0. The minimum Gasteiger partial charge on any atom is -0.488 e. The van der Waals surface area contributed by atoms with Gasteiger partial charge in [-0.15, -0.1) is 0 Å². The largest absolute Gasteiger partial charge is 0.488 e. The van der Waals surface area contributed by atoms with Gasteiger partial charge in [-0.25, -0.2) is 9.18 Å². The maximum absolute atomic E-state index is 14.3. The van der Waals surface area contributed by atoms with Crippen LogP contribution in [0.2, 0.25) is 0 Å². The molecule has 1 aromatic carbocycles. The second-order valence-corrected chi connectivity index (χ2v) is 7.09. The highest BCUT2D eigenvalue weighted by atomic mass is 127. The fraction of sp³-hybridized carbons (Fsp3) is 0.462. The first kappa shape index (κ1) is 15.3. The van der Waals surface area contributed by atoms with E-state index in [0.29, 0.717) is 37.3 Å². The molecule has 0 aliphatic carbocycles. The Morgan fingerprint density at radius 3 is 3.00 bits per heavy atom. The molecule has 8 heteroatoms. The topological polar surface area (TPSA) is 53.0 Å². The van der Waals surface area contributed by atoms with E-state index in [1.54, 1.807) is 0 Å². The molecule has 2 heterocycles. The molecule has 1 amide bonds. The van der Waals surface area contributed by atoms with Gasteiger partial charge in [0.1, 0.15) is 6.61 Å². The van der Waals surface area contributed by atoms with E-state index in [2.05, 4.69) is 43.4 Å². The van der Waals surface area contributed by atoms with Crippen LogP contribution in [0.5, 0.6) is 5.75 Å². The third-order valence-electron chi connectivity index (χ3n) is 3.86. The number of ether oxygens (including phenoxy) is 1. The summed E-state index contributed by atoms with van der Waals surface area (Å²) in [6.45, 7) is 2.36. The van der Waals surface area contributed by atoms with Gasteiger partial charge in [-0.3, -0.25) is 4.90 Å². The van der Waals surface area contributed by atoms with Crippen molar-refractivity contribution in [2.45, 2.75) is 12.6 Å². The van der Waals surface area contributed by atoms with E-state index in [9.17, 15) is 9.18 Å². The Hall–Kier alpha value is -0.610. The summed E-state index contributed by atoms with van der Waals surface area (Å²) in [5, 5.41) is 9.09. The van der Waals surface area contributed by atoms with Crippen molar-refractivity contribution in [3.05, 3.63) is 25.5 Å². The molecule has 0 bridgehead atoms. The molecular formula is C13H13BrFIN2O3. The zero-order valence-corrected chi connectivity index (χ0v) is 14.7. The van der Waals surface area contributed by atoms with Crippen LogP contribution in [0, 0.1) is 9.39 Å². The van der Waals surface area contributed by atoms with Crippen LogP contribution in [-0.2, 0) is 6.54 Å². The number of piperazine rings is 1. The van der Waals surface area contributed by atoms with Gasteiger partial charge in [0.25, 0.3) is 0 Å². The lowest BCUT2D eigenvalue weighted by Crippen LogP contribution is -2.55. The van der Waals surface area contributed by atoms with Gasteiger partial charge in [-0.2, -0.15) is 0 Å². The smallest absolute Gasteiger partial charge is 0.407 e. The van der Waals surface area contributed by atoms with Gasteiger partial charge < -0.3 is 14.7 Å². The monoisotopic (exact) mass is 470 g/mol. The summed E-state index contributed by atoms with van der Waals surface area (Å²) < 4.78 is 21.2. The molecule has 2 aliphatic heterocycles. The molecular weight excluding hydrogens is 458 g/mol. The lowest BCUT2D eigenvalue weighted by Gasteiger charge is -2.38. The second-order valence-electron chi connectivity index (χ2n) is 5.14. The number of nitrogens with zero attached hydrogens (tertiary/aromatic N) is 2. The number of amides is 1. The summed E-state index contributed by atoms with van der Waals surface area (Å²) in [4.78, 5) is 14.6. The number of carbonyl (C=O) groups is 1. The molecule has 0 aromatic heterocycles. The van der Waals surface area contributed by atoms with Crippen LogP contribution < -0.4 is 4.74 Å². The van der Waals surface area contributed by atoms with Crippen LogP contribution >= 0.6 is 38.5 Å². The van der Waals surface area contributed by atoms with E-state index in [-0.39, 0.29) is 17.6 Å². The third-order valence-corrected chi connectivity index (χ3v) is 6.23. The Morgan fingerprint density at radius 2 is 2.29 bits per heavy atom. The van der Waals surface area contributed by atoms with Crippen molar-refractivity contribution in [3.63, 3.8) is 0 Å². The van der Waals surface area contributed by atoms with E-state index in [0.717, 1.165) is 9.13 Å². The molecule has 1 saturated heterocycles. The molecule has 1 aromatic rings. The predicted octanol–water partition coefficient (Wildman–Crippen LogP) is 2.75. The fourth-order valence-electron chi connectivity index (χ4n) is 2.73. The van der Waals surface area contributed by atoms with E-state index in [4.69, 9.17) is 9.84 Å². The van der Waals surface area contributed by atoms with Gasteiger partial charge in [-0.1, -0.05) is 0 Å². The number of hydrogen-bond donors (Lipinski definition) is 1. The number of fused-ring (bicyclic) bond motifs is 2. The number of halogens is 3. The van der Waals surface area contributed by atoms with Gasteiger partial charge in [0.2, 0.25) is 0 Å². The second kappa shape index (κ2) is 5.88. The Bertz CT molecular complexity index is 601. The minimum absolute atomic E-state index is 0.0434. The van der Waals surface area contributed by atoms with Gasteiger partial charge in [0.15, 0.2) is 11.6 Å². The molecule has 0 spiro atoms. The first-order valence-corrected chi connectivity index (χ1v) is 8.35. The van der Waals surface area contributed by atoms with Crippen molar-refractivity contribution in [2.75, 3.05) is 26.2 Å². The van der Waals surface area contributed by atoms with Crippen molar-refractivity contribution in [1.29, 1.82) is 0 Å². The SMILES string of the molecule is O=C(O)N1CCN2Cc3cc(I)c(Br)c(F)c3OC[C@H]2C1. The normalized spacial score (nSPS) is 22.0. The summed E-state index contributed by atoms with van der Waals surface area (Å²) in [6, 6.07) is 1.87. The van der Waals surface area contributed by atoms with Gasteiger partial charge in [0.05, 0.1) is 10.5 Å². The average molecular weight is 471 g/mol. The average Bonchev–Trinajstić information content (AvgIpc) is 2.63. The Balaban J connectivity index is 1.88. The lowest BCUT2D eigenvalue weighted by atomic mass is 10.1. The summed E-state index contributed by atoms with van der Waals surface area (Å²) in [6.07, 6.45) is -0.917. The lowest BCUT2D eigenvalue weighted by molar-refractivity contribution is 0.0499. The molecule has 114 valence electrons. The Labute approximate surface area is 143 Å². The Kier molecular flexibility index (Phi) is 4.28. The van der Waals surface area contributed by atoms with Crippen molar-refractivity contribution in [1.82, 2.24) is 9.80 Å². The molecule has 0 saturated carbocycles. The molecule has 21 heavy (non-hydrogen) atoms. The highest BCUT2D eigenvalue weighted by Crippen LogP contribution is 2.36. The standard InChI is InChI=1S/C13H13BrFIN2O3/c14-10-9(16)3-7-4-17-1-2-18(13(19)20)5-8(17)6-21-12(7)11(10)15/h3,8H,1-2,4-6H2,(H,19,20)/t8-/m1/s1. The highest BCUT2D eigenvalue weighted by molar-refractivity contribution is 14.1. The van der Waals surface area contributed by atoms with Crippen molar-refractivity contribution in [3.8, 4) is 5.75 Å². The highest BCUT2D eigenvalue weighted by Gasteiger charge is 2.33. The van der Waals surface area contributed by atoms with E-state index >= 15 is 0 Å².